The zero-order valence-electron chi connectivity index (χ0n) is 14.1. The van der Waals surface area contributed by atoms with Crippen LogP contribution >= 0.6 is 0 Å². The number of rotatable bonds is 6. The molecule has 0 aliphatic carbocycles. The van der Waals surface area contributed by atoms with Gasteiger partial charge in [-0.3, -0.25) is 4.90 Å². The summed E-state index contributed by atoms with van der Waals surface area (Å²) in [7, 11) is 0. The fourth-order valence-corrected chi connectivity index (χ4v) is 3.31. The molecule has 2 nitrogen and oxygen atoms in total. The van der Waals surface area contributed by atoms with Crippen LogP contribution in [-0.4, -0.2) is 37.1 Å². The molecule has 1 saturated heterocycles. The van der Waals surface area contributed by atoms with Crippen molar-refractivity contribution in [2.75, 3.05) is 26.2 Å². The van der Waals surface area contributed by atoms with Crippen LogP contribution in [0.3, 0.4) is 0 Å². The maximum atomic E-state index is 3.61. The average molecular weight is 268 g/mol. The Morgan fingerprint density at radius 2 is 1.74 bits per heavy atom. The van der Waals surface area contributed by atoms with E-state index in [1.165, 1.54) is 32.4 Å². The molecule has 19 heavy (non-hydrogen) atoms. The summed E-state index contributed by atoms with van der Waals surface area (Å²) in [5.41, 5.74) is 0.486. The standard InChI is InChI=1S/C17H36N2/c1-7-10-18-13-16(14(2)3)19-11-8-15(9-12-19)17(4,5)6/h14-16,18H,7-13H2,1-6H3. The summed E-state index contributed by atoms with van der Waals surface area (Å²) in [4.78, 5) is 2.73. The third-order valence-electron chi connectivity index (χ3n) is 4.77. The number of nitrogens with one attached hydrogen (secondary N) is 1. The Morgan fingerprint density at radius 3 is 2.16 bits per heavy atom. The van der Waals surface area contributed by atoms with E-state index in [0.717, 1.165) is 24.9 Å². The van der Waals surface area contributed by atoms with Gasteiger partial charge in [-0.2, -0.15) is 0 Å². The molecule has 0 saturated carbocycles. The molecular formula is C17H36N2. The second-order valence-corrected chi connectivity index (χ2v) is 7.69. The van der Waals surface area contributed by atoms with Crippen LogP contribution in [0.25, 0.3) is 0 Å². The van der Waals surface area contributed by atoms with E-state index in [2.05, 4.69) is 51.8 Å². The Morgan fingerprint density at radius 1 is 1.16 bits per heavy atom. The molecule has 1 heterocycles. The number of hydrogen-bond donors (Lipinski definition) is 1. The summed E-state index contributed by atoms with van der Waals surface area (Å²) in [6.07, 6.45) is 3.98. The SMILES string of the molecule is CCCNCC(C(C)C)N1CCC(C(C)(C)C)CC1. The number of likely N-dealkylation sites (tertiary alicyclic amines) is 1. The molecule has 1 aliphatic rings. The topological polar surface area (TPSA) is 15.3 Å². The van der Waals surface area contributed by atoms with Crippen LogP contribution in [0.2, 0.25) is 0 Å². The molecule has 1 fully saturated rings. The quantitative estimate of drug-likeness (QED) is 0.738. The lowest BCUT2D eigenvalue weighted by molar-refractivity contribution is 0.0657. The molecule has 1 N–H and O–H groups in total. The van der Waals surface area contributed by atoms with E-state index in [-0.39, 0.29) is 0 Å². The van der Waals surface area contributed by atoms with E-state index in [0.29, 0.717) is 11.5 Å². The molecule has 1 atom stereocenters. The third kappa shape index (κ3) is 5.43. The molecule has 0 aromatic carbocycles. The van der Waals surface area contributed by atoms with Crippen molar-refractivity contribution in [3.63, 3.8) is 0 Å². The van der Waals surface area contributed by atoms with Gasteiger partial charge < -0.3 is 5.32 Å². The van der Waals surface area contributed by atoms with E-state index in [4.69, 9.17) is 0 Å². The van der Waals surface area contributed by atoms with Crippen LogP contribution in [0.15, 0.2) is 0 Å². The van der Waals surface area contributed by atoms with Gasteiger partial charge in [0.25, 0.3) is 0 Å². The zero-order valence-corrected chi connectivity index (χ0v) is 14.1. The van der Waals surface area contributed by atoms with Gasteiger partial charge in [0.2, 0.25) is 0 Å². The second-order valence-electron chi connectivity index (χ2n) is 7.69. The minimum absolute atomic E-state index is 0.486. The monoisotopic (exact) mass is 268 g/mol. The molecule has 0 amide bonds. The number of piperidine rings is 1. The van der Waals surface area contributed by atoms with E-state index in [1.54, 1.807) is 0 Å². The molecule has 0 radical (unpaired) electrons. The Bertz CT molecular complexity index is 234. The van der Waals surface area contributed by atoms with Crippen LogP contribution < -0.4 is 5.32 Å². The van der Waals surface area contributed by atoms with E-state index >= 15 is 0 Å². The van der Waals surface area contributed by atoms with Gasteiger partial charge in [-0.05, 0) is 56.1 Å². The lowest BCUT2D eigenvalue weighted by Crippen LogP contribution is -2.50. The predicted octanol–water partition coefficient (Wildman–Crippen LogP) is 3.77. The van der Waals surface area contributed by atoms with Crippen LogP contribution in [0.4, 0.5) is 0 Å². The van der Waals surface area contributed by atoms with Crippen LogP contribution in [-0.2, 0) is 0 Å². The van der Waals surface area contributed by atoms with Crippen LogP contribution in [0.5, 0.6) is 0 Å². The molecule has 1 rings (SSSR count). The minimum atomic E-state index is 0.486. The van der Waals surface area contributed by atoms with Gasteiger partial charge in [0, 0.05) is 12.6 Å². The van der Waals surface area contributed by atoms with Crippen LogP contribution in [0.1, 0.15) is 60.8 Å². The van der Waals surface area contributed by atoms with Crippen molar-refractivity contribution >= 4 is 0 Å². The molecule has 0 aromatic heterocycles. The van der Waals surface area contributed by atoms with Crippen molar-refractivity contribution in [2.24, 2.45) is 17.3 Å². The van der Waals surface area contributed by atoms with Crippen molar-refractivity contribution < 1.29 is 0 Å². The number of hydrogen-bond acceptors (Lipinski definition) is 2. The summed E-state index contributed by atoms with van der Waals surface area (Å²) in [6, 6.07) is 0.715. The van der Waals surface area contributed by atoms with Crippen molar-refractivity contribution in [3.05, 3.63) is 0 Å². The van der Waals surface area contributed by atoms with Gasteiger partial charge >= 0.3 is 0 Å². The predicted molar refractivity (Wildman–Crippen MR) is 85.5 cm³/mol. The van der Waals surface area contributed by atoms with Gasteiger partial charge in [-0.1, -0.05) is 41.5 Å². The molecule has 0 spiro atoms. The van der Waals surface area contributed by atoms with E-state index in [1.807, 2.05) is 0 Å². The van der Waals surface area contributed by atoms with Crippen molar-refractivity contribution in [1.29, 1.82) is 0 Å². The first kappa shape index (κ1) is 17.0. The molecule has 1 unspecified atom stereocenters. The summed E-state index contributed by atoms with van der Waals surface area (Å²) in [5, 5.41) is 3.61. The number of nitrogens with zero attached hydrogens (tertiary/aromatic N) is 1. The van der Waals surface area contributed by atoms with Gasteiger partial charge in [0.1, 0.15) is 0 Å². The largest absolute Gasteiger partial charge is 0.315 e. The van der Waals surface area contributed by atoms with Crippen molar-refractivity contribution in [3.8, 4) is 0 Å². The average Bonchev–Trinajstić information content (AvgIpc) is 2.33. The van der Waals surface area contributed by atoms with Crippen molar-refractivity contribution in [2.45, 2.75) is 66.8 Å². The van der Waals surface area contributed by atoms with Gasteiger partial charge in [0.15, 0.2) is 0 Å². The molecular weight excluding hydrogens is 232 g/mol. The van der Waals surface area contributed by atoms with E-state index < -0.39 is 0 Å². The normalized spacial score (nSPS) is 21.0. The first-order valence-corrected chi connectivity index (χ1v) is 8.31. The molecule has 2 heteroatoms. The highest BCUT2D eigenvalue weighted by Crippen LogP contribution is 2.35. The molecule has 0 bridgehead atoms. The van der Waals surface area contributed by atoms with Gasteiger partial charge in [-0.15, -0.1) is 0 Å². The Balaban J connectivity index is 2.45. The van der Waals surface area contributed by atoms with E-state index in [9.17, 15) is 0 Å². The maximum Gasteiger partial charge on any atom is 0.0243 e. The lowest BCUT2D eigenvalue weighted by atomic mass is 9.75. The van der Waals surface area contributed by atoms with Crippen molar-refractivity contribution in [1.82, 2.24) is 10.2 Å². The fraction of sp³-hybridized carbons (Fsp3) is 1.00. The lowest BCUT2D eigenvalue weighted by Gasteiger charge is -2.43. The fourth-order valence-electron chi connectivity index (χ4n) is 3.31. The Kier molecular flexibility index (Phi) is 6.82. The first-order valence-electron chi connectivity index (χ1n) is 8.31. The summed E-state index contributed by atoms with van der Waals surface area (Å²) in [6.45, 7) is 19.1. The Labute approximate surface area is 121 Å². The summed E-state index contributed by atoms with van der Waals surface area (Å²) in [5.74, 6) is 1.65. The summed E-state index contributed by atoms with van der Waals surface area (Å²) >= 11 is 0. The molecule has 114 valence electrons. The first-order chi connectivity index (χ1) is 8.86. The van der Waals surface area contributed by atoms with Gasteiger partial charge in [-0.25, -0.2) is 0 Å². The highest BCUT2D eigenvalue weighted by molar-refractivity contribution is 4.85. The molecule has 1 aliphatic heterocycles. The maximum absolute atomic E-state index is 3.61. The van der Waals surface area contributed by atoms with Crippen LogP contribution in [0, 0.1) is 17.3 Å². The Hall–Kier alpha value is -0.0800. The smallest absolute Gasteiger partial charge is 0.0243 e. The summed E-state index contributed by atoms with van der Waals surface area (Å²) < 4.78 is 0. The van der Waals surface area contributed by atoms with Gasteiger partial charge in [0.05, 0.1) is 0 Å². The minimum Gasteiger partial charge on any atom is -0.315 e. The molecule has 0 aromatic rings. The zero-order chi connectivity index (χ0) is 14.5. The third-order valence-corrected chi connectivity index (χ3v) is 4.77. The highest BCUT2D eigenvalue weighted by atomic mass is 15.2. The highest BCUT2D eigenvalue weighted by Gasteiger charge is 2.31. The second kappa shape index (κ2) is 7.64.